The summed E-state index contributed by atoms with van der Waals surface area (Å²) >= 11 is 0. The molecular formula is C20H36ClN3O2. The predicted octanol–water partition coefficient (Wildman–Crippen LogP) is 2.69. The number of hydrogen-bond acceptors (Lipinski definition) is 3. The number of rotatable bonds is 4. The van der Waals surface area contributed by atoms with Crippen LogP contribution in [0.3, 0.4) is 0 Å². The van der Waals surface area contributed by atoms with Crippen molar-refractivity contribution in [1.82, 2.24) is 15.1 Å². The second-order valence-corrected chi connectivity index (χ2v) is 8.42. The van der Waals surface area contributed by atoms with E-state index < -0.39 is 0 Å². The largest absolute Gasteiger partial charge is 0.343 e. The number of carbonyl (C=O) groups is 2. The van der Waals surface area contributed by atoms with Crippen LogP contribution in [0.5, 0.6) is 0 Å². The number of nitrogens with zero attached hydrogens (tertiary/aromatic N) is 2. The molecule has 1 N–H and O–H groups in total. The van der Waals surface area contributed by atoms with Gasteiger partial charge in [0.2, 0.25) is 11.8 Å². The van der Waals surface area contributed by atoms with Gasteiger partial charge in [0, 0.05) is 38.5 Å². The van der Waals surface area contributed by atoms with Crippen molar-refractivity contribution >= 4 is 24.2 Å². The van der Waals surface area contributed by atoms with Crippen LogP contribution < -0.4 is 5.32 Å². The Labute approximate surface area is 164 Å². The molecule has 3 aliphatic heterocycles. The molecule has 0 bridgehead atoms. The topological polar surface area (TPSA) is 52.7 Å². The molecule has 1 unspecified atom stereocenters. The van der Waals surface area contributed by atoms with Crippen LogP contribution in [0.25, 0.3) is 0 Å². The summed E-state index contributed by atoms with van der Waals surface area (Å²) in [4.78, 5) is 29.3. The predicted molar refractivity (Wildman–Crippen MR) is 106 cm³/mol. The average molecular weight is 386 g/mol. The minimum atomic E-state index is 0. The molecule has 3 saturated heterocycles. The second kappa shape index (κ2) is 10.5. The lowest BCUT2D eigenvalue weighted by molar-refractivity contribution is -0.142. The van der Waals surface area contributed by atoms with Gasteiger partial charge in [-0.1, -0.05) is 6.92 Å². The van der Waals surface area contributed by atoms with Crippen LogP contribution in [0, 0.1) is 17.8 Å². The number of hydrogen-bond donors (Lipinski definition) is 1. The van der Waals surface area contributed by atoms with Gasteiger partial charge in [0.1, 0.15) is 0 Å². The van der Waals surface area contributed by atoms with E-state index in [0.717, 1.165) is 65.0 Å². The molecule has 0 aromatic rings. The highest BCUT2D eigenvalue weighted by molar-refractivity contribution is 5.85. The third-order valence-electron chi connectivity index (χ3n) is 6.39. The Kier molecular flexibility index (Phi) is 8.68. The molecule has 0 aliphatic carbocycles. The van der Waals surface area contributed by atoms with E-state index in [4.69, 9.17) is 0 Å². The molecule has 26 heavy (non-hydrogen) atoms. The lowest BCUT2D eigenvalue weighted by Crippen LogP contribution is -2.47. The van der Waals surface area contributed by atoms with Gasteiger partial charge in [0.15, 0.2) is 0 Å². The van der Waals surface area contributed by atoms with Crippen molar-refractivity contribution in [2.24, 2.45) is 17.8 Å². The number of nitrogens with one attached hydrogen (secondary N) is 1. The van der Waals surface area contributed by atoms with Crippen molar-refractivity contribution in [1.29, 1.82) is 0 Å². The van der Waals surface area contributed by atoms with Crippen LogP contribution in [0.2, 0.25) is 0 Å². The Morgan fingerprint density at radius 3 is 2.31 bits per heavy atom. The Hall–Kier alpha value is -0.810. The first-order valence-corrected chi connectivity index (χ1v) is 10.4. The SMILES string of the molecule is CC1CCCN(C(=O)C2CCN(C(=O)CCC3CCNCC3)CC2)C1.Cl. The molecule has 3 aliphatic rings. The lowest BCUT2D eigenvalue weighted by Gasteiger charge is -2.37. The normalized spacial score (nSPS) is 25.7. The zero-order valence-corrected chi connectivity index (χ0v) is 17.1. The minimum absolute atomic E-state index is 0. The van der Waals surface area contributed by atoms with E-state index in [1.165, 1.54) is 19.3 Å². The molecule has 2 amide bonds. The van der Waals surface area contributed by atoms with Crippen LogP contribution in [-0.2, 0) is 9.59 Å². The van der Waals surface area contributed by atoms with Crippen molar-refractivity contribution in [3.63, 3.8) is 0 Å². The second-order valence-electron chi connectivity index (χ2n) is 8.42. The number of likely N-dealkylation sites (tertiary alicyclic amines) is 2. The van der Waals surface area contributed by atoms with Gasteiger partial charge in [-0.2, -0.15) is 0 Å². The lowest BCUT2D eigenvalue weighted by atomic mass is 9.91. The Balaban J connectivity index is 0.00000243. The standard InChI is InChI=1S/C20H35N3O2.ClH/c1-16-3-2-12-23(15-16)20(25)18-8-13-22(14-9-18)19(24)5-4-17-6-10-21-11-7-17;/h16-18,21H,2-15H2,1H3;1H. The zero-order chi connectivity index (χ0) is 17.6. The Morgan fingerprint density at radius 1 is 0.962 bits per heavy atom. The number of piperidine rings is 3. The van der Waals surface area contributed by atoms with Crippen molar-refractivity contribution in [3.05, 3.63) is 0 Å². The van der Waals surface area contributed by atoms with Gasteiger partial charge < -0.3 is 15.1 Å². The molecular weight excluding hydrogens is 350 g/mol. The summed E-state index contributed by atoms with van der Waals surface area (Å²) in [6.07, 6.45) is 8.22. The summed E-state index contributed by atoms with van der Waals surface area (Å²) < 4.78 is 0. The van der Waals surface area contributed by atoms with Crippen LogP contribution in [0.15, 0.2) is 0 Å². The maximum absolute atomic E-state index is 12.7. The van der Waals surface area contributed by atoms with E-state index in [2.05, 4.69) is 17.1 Å². The molecule has 5 nitrogen and oxygen atoms in total. The molecule has 0 saturated carbocycles. The van der Waals surface area contributed by atoms with Gasteiger partial charge in [-0.3, -0.25) is 9.59 Å². The Morgan fingerprint density at radius 2 is 1.65 bits per heavy atom. The van der Waals surface area contributed by atoms with Crippen LogP contribution in [0.4, 0.5) is 0 Å². The molecule has 1 atom stereocenters. The maximum Gasteiger partial charge on any atom is 0.225 e. The summed E-state index contributed by atoms with van der Waals surface area (Å²) in [5, 5.41) is 3.38. The number of carbonyl (C=O) groups excluding carboxylic acids is 2. The van der Waals surface area contributed by atoms with Gasteiger partial charge in [-0.15, -0.1) is 12.4 Å². The zero-order valence-electron chi connectivity index (χ0n) is 16.3. The summed E-state index contributed by atoms with van der Waals surface area (Å²) in [5.74, 6) is 2.13. The highest BCUT2D eigenvalue weighted by Gasteiger charge is 2.31. The summed E-state index contributed by atoms with van der Waals surface area (Å²) in [5.41, 5.74) is 0. The summed E-state index contributed by atoms with van der Waals surface area (Å²) in [6, 6.07) is 0. The van der Waals surface area contributed by atoms with Crippen molar-refractivity contribution < 1.29 is 9.59 Å². The molecule has 6 heteroatoms. The van der Waals surface area contributed by atoms with Gasteiger partial charge in [-0.25, -0.2) is 0 Å². The maximum atomic E-state index is 12.7. The van der Waals surface area contributed by atoms with Crippen molar-refractivity contribution in [3.8, 4) is 0 Å². The summed E-state index contributed by atoms with van der Waals surface area (Å²) in [6.45, 7) is 7.83. The number of halogens is 1. The molecule has 150 valence electrons. The molecule has 0 radical (unpaired) electrons. The molecule has 0 aromatic carbocycles. The van der Waals surface area contributed by atoms with E-state index in [9.17, 15) is 9.59 Å². The van der Waals surface area contributed by atoms with E-state index in [1.54, 1.807) is 0 Å². The summed E-state index contributed by atoms with van der Waals surface area (Å²) in [7, 11) is 0. The first-order chi connectivity index (χ1) is 12.1. The Bertz CT molecular complexity index is 460. The molecule has 3 heterocycles. The average Bonchev–Trinajstić information content (AvgIpc) is 2.66. The van der Waals surface area contributed by atoms with Crippen LogP contribution >= 0.6 is 12.4 Å². The third kappa shape index (κ3) is 5.85. The smallest absolute Gasteiger partial charge is 0.225 e. The first kappa shape index (κ1) is 21.5. The number of amides is 2. The fourth-order valence-electron chi connectivity index (χ4n) is 4.68. The third-order valence-corrected chi connectivity index (χ3v) is 6.39. The quantitative estimate of drug-likeness (QED) is 0.809. The van der Waals surface area contributed by atoms with E-state index in [0.29, 0.717) is 30.1 Å². The van der Waals surface area contributed by atoms with Gasteiger partial charge in [0.25, 0.3) is 0 Å². The van der Waals surface area contributed by atoms with Gasteiger partial charge >= 0.3 is 0 Å². The van der Waals surface area contributed by atoms with Crippen molar-refractivity contribution in [2.75, 3.05) is 39.3 Å². The van der Waals surface area contributed by atoms with Gasteiger partial charge in [0.05, 0.1) is 0 Å². The van der Waals surface area contributed by atoms with E-state index in [-0.39, 0.29) is 18.3 Å². The molecule has 3 fully saturated rings. The molecule has 0 aromatic heterocycles. The fourth-order valence-corrected chi connectivity index (χ4v) is 4.68. The minimum Gasteiger partial charge on any atom is -0.343 e. The van der Waals surface area contributed by atoms with Crippen LogP contribution in [0.1, 0.15) is 58.3 Å². The van der Waals surface area contributed by atoms with E-state index >= 15 is 0 Å². The van der Waals surface area contributed by atoms with Crippen LogP contribution in [-0.4, -0.2) is 60.9 Å². The highest BCUT2D eigenvalue weighted by atomic mass is 35.5. The van der Waals surface area contributed by atoms with E-state index in [1.807, 2.05) is 4.90 Å². The monoisotopic (exact) mass is 385 g/mol. The molecule has 0 spiro atoms. The molecule has 3 rings (SSSR count). The first-order valence-electron chi connectivity index (χ1n) is 10.4. The van der Waals surface area contributed by atoms with Crippen molar-refractivity contribution in [2.45, 2.75) is 58.3 Å². The van der Waals surface area contributed by atoms with Gasteiger partial charge in [-0.05, 0) is 69.9 Å². The fraction of sp³-hybridized carbons (Fsp3) is 0.900. The highest BCUT2D eigenvalue weighted by Crippen LogP contribution is 2.25.